The minimum absolute atomic E-state index is 0.787. The Balaban J connectivity index is 3.09. The Morgan fingerprint density at radius 1 is 1.10 bits per heavy atom. The Kier molecular flexibility index (Phi) is 2.73. The lowest BCUT2D eigenvalue weighted by Crippen LogP contribution is -1.92. The van der Waals surface area contributed by atoms with Gasteiger partial charge < -0.3 is 0 Å². The van der Waals surface area contributed by atoms with Crippen LogP contribution < -0.4 is 5.30 Å². The first-order valence-electron chi connectivity index (χ1n) is 2.65. The molecule has 0 N–H and O–H groups in total. The molecule has 4 heteroatoms. The molecule has 0 fully saturated rings. The number of hydrogen-bond acceptors (Lipinski definition) is 1. The summed E-state index contributed by atoms with van der Waals surface area (Å²) in [6.45, 7) is 0. The van der Waals surface area contributed by atoms with E-state index < -0.39 is 4.55 Å². The molecule has 0 heterocycles. The summed E-state index contributed by atoms with van der Waals surface area (Å²) in [5, 5.41) is 0.787. The second-order valence-electron chi connectivity index (χ2n) is 1.80. The van der Waals surface area contributed by atoms with Crippen molar-refractivity contribution in [3.63, 3.8) is 0 Å². The maximum atomic E-state index is 11.2. The zero-order valence-electron chi connectivity index (χ0n) is 5.00. The smallest absolute Gasteiger partial charge is 0.236 e. The van der Waals surface area contributed by atoms with Gasteiger partial charge in [-0.1, -0.05) is 18.2 Å². The van der Waals surface area contributed by atoms with Crippen LogP contribution in [0.2, 0.25) is 0 Å². The first kappa shape index (κ1) is 8.51. The van der Waals surface area contributed by atoms with Crippen molar-refractivity contribution in [1.29, 1.82) is 0 Å². The van der Waals surface area contributed by atoms with Crippen LogP contribution in [0.4, 0.5) is 0 Å². The number of benzene rings is 1. The van der Waals surface area contributed by atoms with Crippen molar-refractivity contribution in [2.75, 3.05) is 0 Å². The minimum atomic E-state index is -2.39. The van der Waals surface area contributed by atoms with E-state index in [-0.39, 0.29) is 0 Å². The minimum Gasteiger partial charge on any atom is -0.294 e. The van der Waals surface area contributed by atoms with Crippen molar-refractivity contribution in [3.8, 4) is 0 Å². The molecule has 0 spiro atoms. The zero-order chi connectivity index (χ0) is 7.61. The Morgan fingerprint density at radius 3 is 1.90 bits per heavy atom. The van der Waals surface area contributed by atoms with Crippen molar-refractivity contribution in [3.05, 3.63) is 30.3 Å². The average Bonchev–Trinajstić information content (AvgIpc) is 1.88. The third-order valence-electron chi connectivity index (χ3n) is 1.06. The molecule has 0 aliphatic heterocycles. The molecule has 0 saturated carbocycles. The molecule has 1 nitrogen and oxygen atoms in total. The summed E-state index contributed by atoms with van der Waals surface area (Å²) in [5.41, 5.74) is 0. The van der Waals surface area contributed by atoms with Gasteiger partial charge in [0.25, 0.3) is 0 Å². The van der Waals surface area contributed by atoms with E-state index in [0.717, 1.165) is 5.30 Å². The van der Waals surface area contributed by atoms with Crippen LogP contribution in [0.25, 0.3) is 0 Å². The highest BCUT2D eigenvalue weighted by molar-refractivity contribution is 9.71. The molecule has 0 aromatic heterocycles. The summed E-state index contributed by atoms with van der Waals surface area (Å²) in [5.74, 6) is 0. The predicted molar refractivity (Wildman–Crippen MR) is 51.5 cm³/mol. The van der Waals surface area contributed by atoms with Gasteiger partial charge in [-0.3, -0.25) is 4.57 Å². The van der Waals surface area contributed by atoms with E-state index in [0.29, 0.717) is 0 Å². The van der Waals surface area contributed by atoms with Crippen LogP contribution in [-0.2, 0) is 4.57 Å². The molecule has 0 aliphatic rings. The van der Waals surface area contributed by atoms with Gasteiger partial charge in [-0.2, -0.15) is 0 Å². The molecule has 0 saturated heterocycles. The average molecular weight is 284 g/mol. The van der Waals surface area contributed by atoms with Gasteiger partial charge in [-0.05, 0) is 43.1 Å². The van der Waals surface area contributed by atoms with Crippen molar-refractivity contribution in [2.24, 2.45) is 0 Å². The summed E-state index contributed by atoms with van der Waals surface area (Å²) < 4.78 is 8.86. The third-order valence-corrected chi connectivity index (χ3v) is 4.41. The SMILES string of the molecule is O=P(Br)(Br)c1ccccc1. The molecule has 0 radical (unpaired) electrons. The van der Waals surface area contributed by atoms with E-state index in [1.165, 1.54) is 0 Å². The van der Waals surface area contributed by atoms with Crippen LogP contribution in [0.3, 0.4) is 0 Å². The van der Waals surface area contributed by atoms with Gasteiger partial charge in [0.1, 0.15) is 0 Å². The van der Waals surface area contributed by atoms with Gasteiger partial charge in [0.2, 0.25) is 4.55 Å². The van der Waals surface area contributed by atoms with Crippen molar-refractivity contribution in [1.82, 2.24) is 0 Å². The topological polar surface area (TPSA) is 17.1 Å². The zero-order valence-corrected chi connectivity index (χ0v) is 9.06. The largest absolute Gasteiger partial charge is 0.294 e. The van der Waals surface area contributed by atoms with E-state index >= 15 is 0 Å². The van der Waals surface area contributed by atoms with Crippen LogP contribution >= 0.6 is 35.5 Å². The summed E-state index contributed by atoms with van der Waals surface area (Å²) in [7, 11) is 0. The molecule has 1 aromatic carbocycles. The number of halogens is 2. The van der Waals surface area contributed by atoms with E-state index in [1.807, 2.05) is 30.3 Å². The summed E-state index contributed by atoms with van der Waals surface area (Å²) in [6.07, 6.45) is 0. The van der Waals surface area contributed by atoms with Crippen LogP contribution in [0.5, 0.6) is 0 Å². The van der Waals surface area contributed by atoms with Gasteiger partial charge in [0.15, 0.2) is 0 Å². The van der Waals surface area contributed by atoms with Gasteiger partial charge in [-0.15, -0.1) is 0 Å². The lowest BCUT2D eigenvalue weighted by molar-refractivity contribution is 0.599. The predicted octanol–water partition coefficient (Wildman–Crippen LogP) is 3.29. The highest BCUT2D eigenvalue weighted by Crippen LogP contribution is 2.59. The highest BCUT2D eigenvalue weighted by Gasteiger charge is 2.13. The Bertz CT molecular complexity index is 254. The summed E-state index contributed by atoms with van der Waals surface area (Å²) in [4.78, 5) is 0. The van der Waals surface area contributed by atoms with Crippen molar-refractivity contribution < 1.29 is 4.57 Å². The van der Waals surface area contributed by atoms with E-state index in [9.17, 15) is 4.57 Å². The van der Waals surface area contributed by atoms with Gasteiger partial charge >= 0.3 is 0 Å². The number of hydrogen-bond donors (Lipinski definition) is 0. The van der Waals surface area contributed by atoms with E-state index in [4.69, 9.17) is 0 Å². The van der Waals surface area contributed by atoms with Crippen LogP contribution in [0, 0.1) is 0 Å². The normalized spacial score (nSPS) is 11.4. The lowest BCUT2D eigenvalue weighted by atomic mass is 10.4. The summed E-state index contributed by atoms with van der Waals surface area (Å²) in [6, 6.07) is 9.21. The molecule has 0 atom stereocenters. The van der Waals surface area contributed by atoms with Gasteiger partial charge in [-0.25, -0.2) is 0 Å². The Labute approximate surface area is 75.7 Å². The first-order chi connectivity index (χ1) is 4.61. The summed E-state index contributed by atoms with van der Waals surface area (Å²) >= 11 is 6.12. The van der Waals surface area contributed by atoms with Crippen LogP contribution in [0.15, 0.2) is 30.3 Å². The third kappa shape index (κ3) is 2.22. The molecule has 0 unspecified atom stereocenters. The molecule has 10 heavy (non-hydrogen) atoms. The monoisotopic (exact) mass is 282 g/mol. The maximum absolute atomic E-state index is 11.2. The van der Waals surface area contributed by atoms with Crippen LogP contribution in [0.1, 0.15) is 0 Å². The second-order valence-corrected chi connectivity index (χ2v) is 12.1. The molecule has 0 aliphatic carbocycles. The standard InChI is InChI=1S/C6H5Br2OP/c7-10(8,9)6-4-2-1-3-5-6/h1-5H. The highest BCUT2D eigenvalue weighted by atomic mass is 79.9. The fraction of sp³-hybridized carbons (Fsp3) is 0. The number of rotatable bonds is 1. The Hall–Kier alpha value is 0.410. The molecule has 1 rings (SSSR count). The fourth-order valence-corrected chi connectivity index (χ4v) is 2.54. The molecular formula is C6H5Br2OP. The Morgan fingerprint density at radius 2 is 1.60 bits per heavy atom. The molecule has 0 amide bonds. The van der Waals surface area contributed by atoms with Gasteiger partial charge in [0.05, 0.1) is 0 Å². The quantitative estimate of drug-likeness (QED) is 0.723. The van der Waals surface area contributed by atoms with Crippen molar-refractivity contribution >= 4 is 40.8 Å². The molecule has 54 valence electrons. The first-order valence-corrected chi connectivity index (χ1v) is 8.40. The molecule has 1 aromatic rings. The van der Waals surface area contributed by atoms with Crippen LogP contribution in [-0.4, -0.2) is 0 Å². The lowest BCUT2D eigenvalue weighted by Gasteiger charge is -1.99. The van der Waals surface area contributed by atoms with Gasteiger partial charge in [0, 0.05) is 5.30 Å². The van der Waals surface area contributed by atoms with E-state index in [2.05, 4.69) is 31.0 Å². The molecule has 0 bridgehead atoms. The van der Waals surface area contributed by atoms with Crippen molar-refractivity contribution in [2.45, 2.75) is 0 Å². The maximum Gasteiger partial charge on any atom is 0.236 e. The molecular weight excluding hydrogens is 279 g/mol. The second kappa shape index (κ2) is 3.21. The fourth-order valence-electron chi connectivity index (χ4n) is 0.602. The van der Waals surface area contributed by atoms with E-state index in [1.54, 1.807) is 0 Å².